The molecule has 10 heteroatoms. The Morgan fingerprint density at radius 3 is 2.76 bits per heavy atom. The number of sulfone groups is 1. The number of rotatable bonds is 4. The van der Waals surface area contributed by atoms with E-state index in [4.69, 9.17) is 5.73 Å². The SMILES string of the molecule is CS(=O)(=O)C1CCCC(Nc2ncc([N+](=O)[O-])c(N)n2)C1. The Morgan fingerprint density at radius 1 is 1.48 bits per heavy atom. The van der Waals surface area contributed by atoms with Gasteiger partial charge in [0.2, 0.25) is 11.8 Å². The molecule has 2 atom stereocenters. The van der Waals surface area contributed by atoms with Gasteiger partial charge in [0, 0.05) is 12.3 Å². The standard InChI is InChI=1S/C11H17N5O4S/c1-21(19,20)8-4-2-3-7(5-8)14-11-13-6-9(16(17)18)10(12)15-11/h6-8H,2-5H2,1H3,(H3,12,13,14,15). The second-order valence-electron chi connectivity index (χ2n) is 5.18. The third-order valence-electron chi connectivity index (χ3n) is 3.56. The molecule has 0 bridgehead atoms. The van der Waals surface area contributed by atoms with Crippen LogP contribution in [-0.2, 0) is 9.84 Å². The molecule has 116 valence electrons. The molecular formula is C11H17N5O4S. The highest BCUT2D eigenvalue weighted by Gasteiger charge is 2.29. The number of aromatic nitrogens is 2. The van der Waals surface area contributed by atoms with E-state index >= 15 is 0 Å². The largest absolute Gasteiger partial charge is 0.378 e. The average Bonchev–Trinajstić information content (AvgIpc) is 2.37. The van der Waals surface area contributed by atoms with Crippen LogP contribution in [0.4, 0.5) is 17.5 Å². The van der Waals surface area contributed by atoms with Crippen LogP contribution in [0.3, 0.4) is 0 Å². The molecule has 0 amide bonds. The Balaban J connectivity index is 2.08. The van der Waals surface area contributed by atoms with Crippen molar-refractivity contribution >= 4 is 27.3 Å². The number of nitrogens with two attached hydrogens (primary N) is 1. The van der Waals surface area contributed by atoms with Crippen molar-refractivity contribution < 1.29 is 13.3 Å². The number of nitro groups is 1. The molecule has 0 spiro atoms. The molecule has 1 fully saturated rings. The van der Waals surface area contributed by atoms with Crippen molar-refractivity contribution in [2.24, 2.45) is 0 Å². The van der Waals surface area contributed by atoms with Crippen molar-refractivity contribution in [3.63, 3.8) is 0 Å². The van der Waals surface area contributed by atoms with Gasteiger partial charge in [-0.05, 0) is 19.3 Å². The van der Waals surface area contributed by atoms with Gasteiger partial charge in [0.1, 0.15) is 16.0 Å². The van der Waals surface area contributed by atoms with Gasteiger partial charge in [-0.15, -0.1) is 0 Å². The zero-order chi connectivity index (χ0) is 15.6. The Kier molecular flexibility index (Phi) is 4.26. The van der Waals surface area contributed by atoms with Crippen molar-refractivity contribution in [1.82, 2.24) is 9.97 Å². The molecule has 1 saturated carbocycles. The van der Waals surface area contributed by atoms with E-state index in [1.54, 1.807) is 0 Å². The Hall–Kier alpha value is -1.97. The fraction of sp³-hybridized carbons (Fsp3) is 0.636. The van der Waals surface area contributed by atoms with Gasteiger partial charge in [0.25, 0.3) is 0 Å². The monoisotopic (exact) mass is 315 g/mol. The Bertz CT molecular complexity index is 648. The molecule has 0 aliphatic heterocycles. The minimum Gasteiger partial charge on any atom is -0.378 e. The first-order valence-corrected chi connectivity index (χ1v) is 8.45. The molecule has 1 heterocycles. The zero-order valence-corrected chi connectivity index (χ0v) is 12.3. The topological polar surface area (TPSA) is 141 Å². The van der Waals surface area contributed by atoms with Crippen LogP contribution in [0.25, 0.3) is 0 Å². The third-order valence-corrected chi connectivity index (χ3v) is 5.20. The number of anilines is 2. The van der Waals surface area contributed by atoms with Crippen molar-refractivity contribution in [3.05, 3.63) is 16.3 Å². The lowest BCUT2D eigenvalue weighted by Crippen LogP contribution is -2.34. The van der Waals surface area contributed by atoms with Gasteiger partial charge in [-0.3, -0.25) is 10.1 Å². The molecule has 1 aliphatic rings. The summed E-state index contributed by atoms with van der Waals surface area (Å²) in [7, 11) is -3.07. The van der Waals surface area contributed by atoms with E-state index in [-0.39, 0.29) is 28.7 Å². The summed E-state index contributed by atoms with van der Waals surface area (Å²) in [6, 6.07) is -0.0840. The molecule has 3 N–H and O–H groups in total. The molecular weight excluding hydrogens is 298 g/mol. The van der Waals surface area contributed by atoms with Gasteiger partial charge in [-0.2, -0.15) is 4.98 Å². The van der Waals surface area contributed by atoms with Crippen molar-refractivity contribution in [1.29, 1.82) is 0 Å². The van der Waals surface area contributed by atoms with Gasteiger partial charge in [-0.1, -0.05) is 6.42 Å². The second kappa shape index (κ2) is 5.80. The molecule has 0 radical (unpaired) electrons. The quantitative estimate of drug-likeness (QED) is 0.612. The summed E-state index contributed by atoms with van der Waals surface area (Å²) in [5, 5.41) is 13.3. The smallest absolute Gasteiger partial charge is 0.329 e. The van der Waals surface area contributed by atoms with Crippen LogP contribution < -0.4 is 11.1 Å². The average molecular weight is 315 g/mol. The van der Waals surface area contributed by atoms with Crippen LogP contribution in [0.15, 0.2) is 6.20 Å². The van der Waals surface area contributed by atoms with Crippen LogP contribution in [0.1, 0.15) is 25.7 Å². The molecule has 0 saturated heterocycles. The minimum absolute atomic E-state index is 0.0840. The summed E-state index contributed by atoms with van der Waals surface area (Å²) < 4.78 is 23.2. The molecule has 1 aliphatic carbocycles. The van der Waals surface area contributed by atoms with Crippen LogP contribution in [0, 0.1) is 10.1 Å². The van der Waals surface area contributed by atoms with E-state index in [1.165, 1.54) is 6.26 Å². The normalized spacial score (nSPS) is 22.7. The highest BCUT2D eigenvalue weighted by atomic mass is 32.2. The van der Waals surface area contributed by atoms with Crippen LogP contribution >= 0.6 is 0 Å². The molecule has 2 rings (SSSR count). The van der Waals surface area contributed by atoms with E-state index in [2.05, 4.69) is 15.3 Å². The number of nitrogen functional groups attached to an aromatic ring is 1. The fourth-order valence-corrected chi connectivity index (χ4v) is 3.62. The fourth-order valence-electron chi connectivity index (χ4n) is 2.45. The highest BCUT2D eigenvalue weighted by Crippen LogP contribution is 2.26. The lowest BCUT2D eigenvalue weighted by Gasteiger charge is -2.28. The predicted molar refractivity (Wildman–Crippen MR) is 77.6 cm³/mol. The van der Waals surface area contributed by atoms with Gasteiger partial charge < -0.3 is 11.1 Å². The van der Waals surface area contributed by atoms with Crippen molar-refractivity contribution in [2.45, 2.75) is 37.0 Å². The summed E-state index contributed by atoms with van der Waals surface area (Å²) in [6.07, 6.45) is 4.99. The maximum absolute atomic E-state index is 11.6. The first-order chi connectivity index (χ1) is 9.77. The number of hydrogen-bond donors (Lipinski definition) is 2. The second-order valence-corrected chi connectivity index (χ2v) is 7.51. The molecule has 21 heavy (non-hydrogen) atoms. The Morgan fingerprint density at radius 2 is 2.19 bits per heavy atom. The Labute approximate surface area is 122 Å². The predicted octanol–water partition coefficient (Wildman–Crippen LogP) is 0.735. The zero-order valence-electron chi connectivity index (χ0n) is 11.5. The minimum atomic E-state index is -3.07. The number of hydrogen-bond acceptors (Lipinski definition) is 8. The van der Waals surface area contributed by atoms with E-state index in [0.717, 1.165) is 19.0 Å². The third kappa shape index (κ3) is 3.78. The van der Waals surface area contributed by atoms with Crippen LogP contribution in [-0.4, -0.2) is 40.9 Å². The van der Waals surface area contributed by atoms with E-state index in [9.17, 15) is 18.5 Å². The lowest BCUT2D eigenvalue weighted by atomic mass is 9.95. The first-order valence-electron chi connectivity index (χ1n) is 6.49. The van der Waals surface area contributed by atoms with E-state index in [0.29, 0.717) is 12.8 Å². The molecule has 2 unspecified atom stereocenters. The van der Waals surface area contributed by atoms with Crippen molar-refractivity contribution in [3.8, 4) is 0 Å². The van der Waals surface area contributed by atoms with Gasteiger partial charge in [0.05, 0.1) is 10.2 Å². The van der Waals surface area contributed by atoms with E-state index < -0.39 is 14.8 Å². The van der Waals surface area contributed by atoms with Crippen LogP contribution in [0.2, 0.25) is 0 Å². The lowest BCUT2D eigenvalue weighted by molar-refractivity contribution is -0.384. The molecule has 9 nitrogen and oxygen atoms in total. The van der Waals surface area contributed by atoms with Gasteiger partial charge in [0.15, 0.2) is 0 Å². The summed E-state index contributed by atoms with van der Waals surface area (Å²) >= 11 is 0. The molecule has 0 aromatic carbocycles. The first kappa shape index (κ1) is 15.4. The van der Waals surface area contributed by atoms with Crippen LogP contribution in [0.5, 0.6) is 0 Å². The van der Waals surface area contributed by atoms with Gasteiger partial charge in [-0.25, -0.2) is 13.4 Å². The highest BCUT2D eigenvalue weighted by molar-refractivity contribution is 7.91. The summed E-state index contributed by atoms with van der Waals surface area (Å²) in [4.78, 5) is 17.7. The van der Waals surface area contributed by atoms with Gasteiger partial charge >= 0.3 is 5.69 Å². The van der Waals surface area contributed by atoms with Crippen molar-refractivity contribution in [2.75, 3.05) is 17.3 Å². The maximum Gasteiger partial charge on any atom is 0.329 e. The molecule has 1 aromatic heterocycles. The summed E-state index contributed by atoms with van der Waals surface area (Å²) in [6.45, 7) is 0. The maximum atomic E-state index is 11.6. The van der Waals surface area contributed by atoms with E-state index in [1.807, 2.05) is 0 Å². The number of nitrogens with one attached hydrogen (secondary N) is 1. The molecule has 1 aromatic rings. The number of nitrogens with zero attached hydrogens (tertiary/aromatic N) is 3. The summed E-state index contributed by atoms with van der Waals surface area (Å²) in [5.74, 6) is -0.0368. The summed E-state index contributed by atoms with van der Waals surface area (Å²) in [5.41, 5.74) is 5.15.